The molecule has 0 unspecified atom stereocenters. The molecule has 0 aliphatic heterocycles. The first-order valence-electron chi connectivity index (χ1n) is 10.3. The van der Waals surface area contributed by atoms with Gasteiger partial charge in [0.1, 0.15) is 0 Å². The van der Waals surface area contributed by atoms with Crippen molar-refractivity contribution in [3.05, 3.63) is 96.1 Å². The summed E-state index contributed by atoms with van der Waals surface area (Å²) in [4.78, 5) is 0. The summed E-state index contributed by atoms with van der Waals surface area (Å²) >= 11 is 4.89. The fraction of sp³-hybridized carbons (Fsp3) is 0.0800. The number of fused-ring (bicyclic) bond motifs is 3. The number of azo groups is 1. The quantitative estimate of drug-likeness (QED) is 0.307. The molecule has 6 nitrogen and oxygen atoms in total. The zero-order valence-electron chi connectivity index (χ0n) is 17.2. The highest BCUT2D eigenvalue weighted by molar-refractivity contribution is 7.80. The van der Waals surface area contributed by atoms with Crippen LogP contribution in [-0.2, 0) is 12.8 Å². The fourth-order valence-corrected chi connectivity index (χ4v) is 4.28. The van der Waals surface area contributed by atoms with E-state index in [-0.39, 0.29) is 11.0 Å². The Labute approximate surface area is 191 Å². The number of hydrogen-bond donors (Lipinski definition) is 2. The van der Waals surface area contributed by atoms with Gasteiger partial charge in [0.25, 0.3) is 0 Å². The molecule has 0 amide bonds. The van der Waals surface area contributed by atoms with E-state index in [1.165, 1.54) is 5.56 Å². The molecule has 3 N–H and O–H groups in total. The maximum Gasteiger partial charge on any atom is 0.240 e. The zero-order chi connectivity index (χ0) is 22.1. The molecule has 1 heterocycles. The molecule has 5 rings (SSSR count). The molecule has 7 heteroatoms. The topological polar surface area (TPSA) is 79.1 Å². The molecular weight excluding hydrogens is 418 g/mol. The summed E-state index contributed by atoms with van der Waals surface area (Å²) in [6.45, 7) is 0. The van der Waals surface area contributed by atoms with Crippen molar-refractivity contribution in [1.82, 2.24) is 4.68 Å². The van der Waals surface area contributed by atoms with Crippen LogP contribution in [0.2, 0.25) is 0 Å². The van der Waals surface area contributed by atoms with E-state index in [2.05, 4.69) is 22.4 Å². The largest absolute Gasteiger partial charge is 0.492 e. The number of anilines is 2. The van der Waals surface area contributed by atoms with E-state index in [0.717, 1.165) is 41.0 Å². The first-order chi connectivity index (χ1) is 15.6. The van der Waals surface area contributed by atoms with Gasteiger partial charge in [0.15, 0.2) is 5.69 Å². The number of thiocarbonyl (C=S) groups is 1. The van der Waals surface area contributed by atoms with Gasteiger partial charge in [-0.2, -0.15) is 0 Å². The molecule has 3 aromatic carbocycles. The highest BCUT2D eigenvalue weighted by Gasteiger charge is 2.32. The lowest BCUT2D eigenvalue weighted by molar-refractivity contribution is 0.429. The van der Waals surface area contributed by atoms with Crippen LogP contribution < -0.4 is 10.7 Å². The molecule has 0 spiro atoms. The highest BCUT2D eigenvalue weighted by Crippen LogP contribution is 2.48. The molecule has 0 atom stereocenters. The molecule has 1 aromatic heterocycles. The summed E-state index contributed by atoms with van der Waals surface area (Å²) in [6.07, 6.45) is 1.56. The average molecular weight is 440 g/mol. The Bertz CT molecular complexity index is 1280. The van der Waals surface area contributed by atoms with Crippen molar-refractivity contribution in [2.24, 2.45) is 16.0 Å². The van der Waals surface area contributed by atoms with Gasteiger partial charge in [-0.3, -0.25) is 0 Å². The number of hydrogen-bond acceptors (Lipinski definition) is 4. The lowest BCUT2D eigenvalue weighted by Gasteiger charge is -2.30. The number of para-hydroxylation sites is 2. The highest BCUT2D eigenvalue weighted by atomic mass is 32.1. The summed E-state index contributed by atoms with van der Waals surface area (Å²) in [6, 6.07) is 28.1. The average Bonchev–Trinajstić information content (AvgIpc) is 3.11. The summed E-state index contributed by atoms with van der Waals surface area (Å²) in [5.74, 6) is -0.0144. The second-order valence-corrected chi connectivity index (χ2v) is 7.91. The molecule has 1 aliphatic carbocycles. The zero-order valence-corrected chi connectivity index (χ0v) is 18.0. The SMILES string of the molecule is NC(=S)N=Nc1c2c(n(N(c3ccccc3)c3ccccc3)c1O)-c1ccccc1CC2. The fourth-order valence-electron chi connectivity index (χ4n) is 4.24. The molecule has 0 saturated heterocycles. The third-order valence-electron chi connectivity index (χ3n) is 5.56. The molecule has 32 heavy (non-hydrogen) atoms. The van der Waals surface area contributed by atoms with Crippen molar-refractivity contribution >= 4 is 34.4 Å². The Morgan fingerprint density at radius 2 is 1.47 bits per heavy atom. The van der Waals surface area contributed by atoms with Gasteiger partial charge in [0.05, 0.1) is 17.1 Å². The van der Waals surface area contributed by atoms with Crippen LogP contribution in [0.25, 0.3) is 11.3 Å². The number of aromatic hydroxyl groups is 1. The van der Waals surface area contributed by atoms with E-state index in [1.807, 2.05) is 82.5 Å². The van der Waals surface area contributed by atoms with Crippen LogP contribution in [0.4, 0.5) is 17.1 Å². The molecule has 0 saturated carbocycles. The Hall–Kier alpha value is -3.97. The molecule has 0 radical (unpaired) electrons. The lowest BCUT2D eigenvalue weighted by Crippen LogP contribution is -2.25. The van der Waals surface area contributed by atoms with Crippen molar-refractivity contribution in [2.45, 2.75) is 12.8 Å². The van der Waals surface area contributed by atoms with Gasteiger partial charge in [-0.15, -0.1) is 10.2 Å². The predicted octanol–water partition coefficient (Wildman–Crippen LogP) is 5.89. The number of rotatable bonds is 4. The maximum absolute atomic E-state index is 11.5. The molecule has 0 bridgehead atoms. The van der Waals surface area contributed by atoms with Crippen LogP contribution in [0.5, 0.6) is 5.88 Å². The monoisotopic (exact) mass is 439 g/mol. The van der Waals surface area contributed by atoms with Gasteiger partial charge in [-0.05, 0) is 54.9 Å². The van der Waals surface area contributed by atoms with E-state index < -0.39 is 0 Å². The molecule has 4 aromatic rings. The van der Waals surface area contributed by atoms with E-state index >= 15 is 0 Å². The smallest absolute Gasteiger partial charge is 0.240 e. The van der Waals surface area contributed by atoms with E-state index in [4.69, 9.17) is 18.0 Å². The van der Waals surface area contributed by atoms with E-state index in [9.17, 15) is 5.11 Å². The Morgan fingerprint density at radius 3 is 2.09 bits per heavy atom. The van der Waals surface area contributed by atoms with Crippen LogP contribution in [0, 0.1) is 0 Å². The maximum atomic E-state index is 11.5. The number of nitrogens with two attached hydrogens (primary N) is 1. The van der Waals surface area contributed by atoms with E-state index in [0.29, 0.717) is 5.69 Å². The summed E-state index contributed by atoms with van der Waals surface area (Å²) in [5, 5.41) is 21.5. The van der Waals surface area contributed by atoms with E-state index in [1.54, 1.807) is 0 Å². The summed E-state index contributed by atoms with van der Waals surface area (Å²) in [7, 11) is 0. The van der Waals surface area contributed by atoms with Gasteiger partial charge in [-0.1, -0.05) is 60.7 Å². The standard InChI is InChI=1S/C25H21N5OS/c26-25(32)28-27-22-21-16-15-17-9-7-8-14-20(17)23(21)30(24(22)31)29(18-10-3-1-4-11-18)19-12-5-2-6-13-19/h1-14,31H,15-16H2,(H2,26,32). The summed E-state index contributed by atoms with van der Waals surface area (Å²) < 4.78 is 1.81. The van der Waals surface area contributed by atoms with Crippen molar-refractivity contribution in [1.29, 1.82) is 0 Å². The molecular formula is C25H21N5OS. The Balaban J connectivity index is 1.84. The number of nitrogens with zero attached hydrogens (tertiary/aromatic N) is 4. The van der Waals surface area contributed by atoms with Crippen LogP contribution >= 0.6 is 12.2 Å². The second kappa shape index (κ2) is 8.28. The minimum atomic E-state index is -0.0786. The number of aromatic nitrogens is 1. The van der Waals surface area contributed by atoms with Crippen molar-refractivity contribution in [2.75, 3.05) is 5.01 Å². The summed E-state index contributed by atoms with van der Waals surface area (Å²) in [5.41, 5.74) is 11.8. The first kappa shape index (κ1) is 20.0. The number of aryl methyl sites for hydroxylation is 1. The van der Waals surface area contributed by atoms with Gasteiger partial charge < -0.3 is 10.8 Å². The first-order valence-corrected chi connectivity index (χ1v) is 10.7. The predicted molar refractivity (Wildman–Crippen MR) is 131 cm³/mol. The van der Waals surface area contributed by atoms with Gasteiger partial charge in [0.2, 0.25) is 11.0 Å². The molecule has 158 valence electrons. The normalized spacial score (nSPS) is 12.4. The minimum absolute atomic E-state index is 0.0144. The van der Waals surface area contributed by atoms with Crippen LogP contribution in [0.1, 0.15) is 11.1 Å². The Kier molecular flexibility index (Phi) is 5.17. The molecule has 0 fully saturated rings. The second-order valence-electron chi connectivity index (χ2n) is 7.49. The van der Waals surface area contributed by atoms with Crippen molar-refractivity contribution in [3.63, 3.8) is 0 Å². The van der Waals surface area contributed by atoms with Crippen LogP contribution in [0.15, 0.2) is 95.2 Å². The van der Waals surface area contributed by atoms with Crippen LogP contribution in [0.3, 0.4) is 0 Å². The third-order valence-corrected chi connectivity index (χ3v) is 5.64. The lowest BCUT2D eigenvalue weighted by atomic mass is 9.90. The van der Waals surface area contributed by atoms with Crippen molar-refractivity contribution in [3.8, 4) is 17.1 Å². The third kappa shape index (κ3) is 3.42. The molecule has 1 aliphatic rings. The number of benzene rings is 3. The van der Waals surface area contributed by atoms with Crippen molar-refractivity contribution < 1.29 is 5.11 Å². The Morgan fingerprint density at radius 1 is 0.875 bits per heavy atom. The van der Waals surface area contributed by atoms with Gasteiger partial charge >= 0.3 is 0 Å². The van der Waals surface area contributed by atoms with Crippen LogP contribution in [-0.4, -0.2) is 14.9 Å². The van der Waals surface area contributed by atoms with Gasteiger partial charge in [0, 0.05) is 11.1 Å². The minimum Gasteiger partial charge on any atom is -0.492 e. The van der Waals surface area contributed by atoms with Gasteiger partial charge in [-0.25, -0.2) is 9.69 Å².